The van der Waals surface area contributed by atoms with Crippen molar-refractivity contribution in [3.05, 3.63) is 64.9 Å². The van der Waals surface area contributed by atoms with Gasteiger partial charge in [0.25, 0.3) is 0 Å². The lowest BCUT2D eigenvalue weighted by Crippen LogP contribution is -2.34. The molecule has 4 rings (SSSR count). The summed E-state index contributed by atoms with van der Waals surface area (Å²) in [4.78, 5) is 25.1. The van der Waals surface area contributed by atoms with Gasteiger partial charge >= 0.3 is 11.9 Å². The molecule has 32 heavy (non-hydrogen) atoms. The Morgan fingerprint density at radius 3 is 2.59 bits per heavy atom. The number of esters is 2. The number of furan rings is 1. The Labute approximate surface area is 185 Å². The van der Waals surface area contributed by atoms with Crippen LogP contribution in [0.15, 0.2) is 46.9 Å². The zero-order chi connectivity index (χ0) is 23.0. The van der Waals surface area contributed by atoms with E-state index in [0.717, 1.165) is 11.8 Å². The predicted octanol–water partition coefficient (Wildman–Crippen LogP) is 3.68. The third kappa shape index (κ3) is 3.95. The normalized spacial score (nSPS) is 15.6. The molecule has 1 atom stereocenters. The Balaban J connectivity index is 1.58. The fourth-order valence-electron chi connectivity index (χ4n) is 4.06. The summed E-state index contributed by atoms with van der Waals surface area (Å²) in [7, 11) is -3.41. The van der Waals surface area contributed by atoms with Crippen molar-refractivity contribution in [1.82, 2.24) is 0 Å². The fourth-order valence-corrected chi connectivity index (χ4v) is 5.32. The molecule has 0 bridgehead atoms. The van der Waals surface area contributed by atoms with E-state index in [1.165, 1.54) is 10.4 Å². The third-order valence-electron chi connectivity index (χ3n) is 5.33. The minimum absolute atomic E-state index is 0.00687. The molecule has 0 amide bonds. The standard InChI is InChI=1S/C23H23NO7S/c1-4-29-23(26)21-18(17-7-5-6-8-20(17)31-21)13-30-22(25)15-9-10-19-16(12-15)11-14(2)24(19)32(3,27)28/h5-10,12,14H,4,11,13H2,1-3H3/t14-/m1/s1. The molecule has 0 saturated carbocycles. The van der Waals surface area contributed by atoms with Crippen LogP contribution in [0.25, 0.3) is 11.0 Å². The molecular formula is C23H23NO7S. The maximum absolute atomic E-state index is 12.7. The first-order valence-electron chi connectivity index (χ1n) is 10.2. The van der Waals surface area contributed by atoms with Gasteiger partial charge in [-0.3, -0.25) is 4.31 Å². The second-order valence-electron chi connectivity index (χ2n) is 7.66. The van der Waals surface area contributed by atoms with Gasteiger partial charge in [0.05, 0.1) is 29.7 Å². The largest absolute Gasteiger partial charge is 0.460 e. The summed E-state index contributed by atoms with van der Waals surface area (Å²) in [5.74, 6) is -1.20. The van der Waals surface area contributed by atoms with Crippen molar-refractivity contribution < 1.29 is 31.9 Å². The summed E-state index contributed by atoms with van der Waals surface area (Å²) in [6, 6.07) is 11.7. The topological polar surface area (TPSA) is 103 Å². The Morgan fingerprint density at radius 2 is 1.88 bits per heavy atom. The highest BCUT2D eigenvalue weighted by Crippen LogP contribution is 2.35. The molecule has 0 radical (unpaired) electrons. The molecule has 8 nitrogen and oxygen atoms in total. The highest BCUT2D eigenvalue weighted by Gasteiger charge is 2.33. The Bertz CT molecular complexity index is 1310. The first kappa shape index (κ1) is 21.9. The van der Waals surface area contributed by atoms with E-state index < -0.39 is 22.0 Å². The summed E-state index contributed by atoms with van der Waals surface area (Å²) in [5, 5.41) is 0.662. The van der Waals surface area contributed by atoms with Crippen LogP contribution in [-0.2, 0) is 32.5 Å². The number of carbonyl (C=O) groups is 2. The van der Waals surface area contributed by atoms with Crippen molar-refractivity contribution in [1.29, 1.82) is 0 Å². The van der Waals surface area contributed by atoms with E-state index >= 15 is 0 Å². The number of hydrogen-bond donors (Lipinski definition) is 0. The van der Waals surface area contributed by atoms with Crippen molar-refractivity contribution in [2.24, 2.45) is 0 Å². The lowest BCUT2D eigenvalue weighted by molar-refractivity contribution is 0.0435. The van der Waals surface area contributed by atoms with Gasteiger partial charge < -0.3 is 13.9 Å². The van der Waals surface area contributed by atoms with Gasteiger partial charge in [0.15, 0.2) is 0 Å². The van der Waals surface area contributed by atoms with Crippen LogP contribution < -0.4 is 4.31 Å². The van der Waals surface area contributed by atoms with E-state index in [4.69, 9.17) is 13.9 Å². The van der Waals surface area contributed by atoms with Crippen LogP contribution in [0.2, 0.25) is 0 Å². The average molecular weight is 458 g/mol. The fraction of sp³-hybridized carbons (Fsp3) is 0.304. The van der Waals surface area contributed by atoms with Gasteiger partial charge in [-0.25, -0.2) is 18.0 Å². The molecule has 168 valence electrons. The van der Waals surface area contributed by atoms with Crippen LogP contribution in [0.5, 0.6) is 0 Å². The summed E-state index contributed by atoms with van der Waals surface area (Å²) in [6.45, 7) is 3.53. The molecule has 2 aromatic carbocycles. The van der Waals surface area contributed by atoms with Crippen molar-refractivity contribution in [3.63, 3.8) is 0 Å². The van der Waals surface area contributed by atoms with Gasteiger partial charge in [-0.15, -0.1) is 0 Å². The van der Waals surface area contributed by atoms with E-state index in [1.54, 1.807) is 43.3 Å². The van der Waals surface area contributed by atoms with Crippen LogP contribution in [0.1, 0.15) is 45.9 Å². The molecule has 1 aromatic heterocycles. The number of ether oxygens (including phenoxy) is 2. The smallest absolute Gasteiger partial charge is 0.374 e. The number of para-hydroxylation sites is 1. The molecule has 0 saturated heterocycles. The summed E-state index contributed by atoms with van der Waals surface area (Å²) in [6.07, 6.45) is 1.67. The van der Waals surface area contributed by atoms with Crippen molar-refractivity contribution in [2.45, 2.75) is 32.9 Å². The Kier molecular flexibility index (Phi) is 5.68. The van der Waals surface area contributed by atoms with Gasteiger partial charge in [-0.05, 0) is 50.1 Å². The van der Waals surface area contributed by atoms with Crippen LogP contribution in [0.4, 0.5) is 5.69 Å². The maximum Gasteiger partial charge on any atom is 0.374 e. The van der Waals surface area contributed by atoms with E-state index in [0.29, 0.717) is 34.2 Å². The second-order valence-corrected chi connectivity index (χ2v) is 9.52. The first-order chi connectivity index (χ1) is 15.2. The lowest BCUT2D eigenvalue weighted by Gasteiger charge is -2.21. The first-order valence-corrected chi connectivity index (χ1v) is 12.0. The van der Waals surface area contributed by atoms with E-state index in [9.17, 15) is 18.0 Å². The zero-order valence-electron chi connectivity index (χ0n) is 18.0. The Hall–Kier alpha value is -3.33. The highest BCUT2D eigenvalue weighted by molar-refractivity contribution is 7.92. The van der Waals surface area contributed by atoms with Crippen molar-refractivity contribution >= 4 is 38.6 Å². The minimum atomic E-state index is -3.41. The van der Waals surface area contributed by atoms with Gasteiger partial charge in [-0.1, -0.05) is 18.2 Å². The molecule has 1 aliphatic heterocycles. The summed E-state index contributed by atoms with van der Waals surface area (Å²) < 4.78 is 41.7. The number of anilines is 1. The number of hydrogen-bond acceptors (Lipinski definition) is 7. The number of carbonyl (C=O) groups excluding carboxylic acids is 2. The SMILES string of the molecule is CCOC(=O)c1oc2ccccc2c1COC(=O)c1ccc2c(c1)C[C@@H](C)N2S(C)(=O)=O. The predicted molar refractivity (Wildman–Crippen MR) is 118 cm³/mol. The maximum atomic E-state index is 12.7. The average Bonchev–Trinajstić information content (AvgIpc) is 3.28. The molecule has 0 spiro atoms. The highest BCUT2D eigenvalue weighted by atomic mass is 32.2. The zero-order valence-corrected chi connectivity index (χ0v) is 18.8. The molecular weight excluding hydrogens is 434 g/mol. The molecule has 2 heterocycles. The molecule has 0 aliphatic carbocycles. The van der Waals surface area contributed by atoms with E-state index in [2.05, 4.69) is 0 Å². The Morgan fingerprint density at radius 1 is 1.12 bits per heavy atom. The van der Waals surface area contributed by atoms with Gasteiger partial charge in [0, 0.05) is 11.4 Å². The molecule has 0 N–H and O–H groups in total. The van der Waals surface area contributed by atoms with Gasteiger partial charge in [-0.2, -0.15) is 0 Å². The van der Waals surface area contributed by atoms with Gasteiger partial charge in [0.2, 0.25) is 15.8 Å². The van der Waals surface area contributed by atoms with Crippen molar-refractivity contribution in [3.8, 4) is 0 Å². The summed E-state index contributed by atoms with van der Waals surface area (Å²) in [5.41, 5.74) is 2.57. The number of rotatable bonds is 6. The monoisotopic (exact) mass is 457 g/mol. The molecule has 0 fully saturated rings. The molecule has 0 unspecified atom stereocenters. The van der Waals surface area contributed by atoms with Gasteiger partial charge in [0.1, 0.15) is 12.2 Å². The third-order valence-corrected chi connectivity index (χ3v) is 6.60. The van der Waals surface area contributed by atoms with E-state index in [1.807, 2.05) is 6.92 Å². The van der Waals surface area contributed by atoms with Crippen LogP contribution in [0, 0.1) is 0 Å². The molecule has 3 aromatic rings. The van der Waals surface area contributed by atoms with E-state index in [-0.39, 0.29) is 25.0 Å². The molecule has 9 heteroatoms. The lowest BCUT2D eigenvalue weighted by atomic mass is 10.1. The minimum Gasteiger partial charge on any atom is -0.460 e. The number of fused-ring (bicyclic) bond motifs is 2. The van der Waals surface area contributed by atoms with Crippen LogP contribution in [0.3, 0.4) is 0 Å². The van der Waals surface area contributed by atoms with Crippen LogP contribution >= 0.6 is 0 Å². The number of nitrogens with zero attached hydrogens (tertiary/aromatic N) is 1. The molecule has 1 aliphatic rings. The van der Waals surface area contributed by atoms with Crippen LogP contribution in [-0.4, -0.2) is 39.3 Å². The number of sulfonamides is 1. The quantitative estimate of drug-likeness (QED) is 0.520. The summed E-state index contributed by atoms with van der Waals surface area (Å²) >= 11 is 0. The van der Waals surface area contributed by atoms with Crippen molar-refractivity contribution in [2.75, 3.05) is 17.2 Å². The second kappa shape index (κ2) is 8.31. The number of benzene rings is 2.